The second-order valence-electron chi connectivity index (χ2n) is 3.99. The lowest BCUT2D eigenvalue weighted by molar-refractivity contribution is -0.123. The Morgan fingerprint density at radius 2 is 2.44 bits per heavy atom. The maximum atomic E-state index is 11.6. The number of aromatic amines is 1. The van der Waals surface area contributed by atoms with E-state index in [2.05, 4.69) is 15.3 Å². The number of imidazole rings is 1. The maximum absolute atomic E-state index is 11.6. The zero-order valence-electron chi connectivity index (χ0n) is 9.86. The van der Waals surface area contributed by atoms with Gasteiger partial charge in [0.25, 0.3) is 0 Å². The highest BCUT2D eigenvalue weighted by Crippen LogP contribution is 2.04. The van der Waals surface area contributed by atoms with E-state index in [0.29, 0.717) is 13.0 Å². The van der Waals surface area contributed by atoms with Crippen molar-refractivity contribution < 1.29 is 4.79 Å². The van der Waals surface area contributed by atoms with Gasteiger partial charge in [-0.05, 0) is 5.92 Å². The summed E-state index contributed by atoms with van der Waals surface area (Å²) in [5.41, 5.74) is 5.80. The Kier molecular flexibility index (Phi) is 4.98. The molecule has 5 heteroatoms. The molecule has 0 aliphatic rings. The van der Waals surface area contributed by atoms with Crippen molar-refractivity contribution in [2.24, 2.45) is 11.7 Å². The number of amides is 1. The van der Waals surface area contributed by atoms with E-state index in [0.717, 1.165) is 12.2 Å². The lowest BCUT2D eigenvalue weighted by Crippen LogP contribution is -2.45. The molecule has 1 rings (SSSR count). The topological polar surface area (TPSA) is 83.8 Å². The van der Waals surface area contributed by atoms with Gasteiger partial charge in [0.1, 0.15) is 5.82 Å². The van der Waals surface area contributed by atoms with Crippen molar-refractivity contribution in [2.75, 3.05) is 6.54 Å². The molecule has 0 spiro atoms. The number of H-pyrrole nitrogens is 1. The third-order valence-electron chi connectivity index (χ3n) is 2.78. The van der Waals surface area contributed by atoms with Gasteiger partial charge in [-0.3, -0.25) is 4.79 Å². The molecule has 0 fully saturated rings. The molecule has 5 nitrogen and oxygen atoms in total. The molecule has 0 aromatic carbocycles. The quantitative estimate of drug-likeness (QED) is 0.655. The highest BCUT2D eigenvalue weighted by Gasteiger charge is 2.18. The summed E-state index contributed by atoms with van der Waals surface area (Å²) in [6.45, 7) is 4.58. The fourth-order valence-electron chi connectivity index (χ4n) is 1.37. The molecule has 0 saturated heterocycles. The lowest BCUT2D eigenvalue weighted by Gasteiger charge is -2.17. The second-order valence-corrected chi connectivity index (χ2v) is 3.99. The average Bonchev–Trinajstić information content (AvgIpc) is 2.79. The smallest absolute Gasteiger partial charge is 0.237 e. The normalized spacial score (nSPS) is 14.4. The van der Waals surface area contributed by atoms with Crippen LogP contribution in [0.2, 0.25) is 0 Å². The van der Waals surface area contributed by atoms with Gasteiger partial charge >= 0.3 is 0 Å². The van der Waals surface area contributed by atoms with E-state index >= 15 is 0 Å². The highest BCUT2D eigenvalue weighted by molar-refractivity contribution is 5.81. The van der Waals surface area contributed by atoms with Gasteiger partial charge < -0.3 is 16.0 Å². The van der Waals surface area contributed by atoms with Crippen LogP contribution in [0.25, 0.3) is 0 Å². The van der Waals surface area contributed by atoms with Crippen LogP contribution in [0.4, 0.5) is 0 Å². The van der Waals surface area contributed by atoms with Gasteiger partial charge in [0, 0.05) is 25.4 Å². The minimum atomic E-state index is -0.415. The number of hydrogen-bond acceptors (Lipinski definition) is 3. The van der Waals surface area contributed by atoms with E-state index in [-0.39, 0.29) is 11.8 Å². The van der Waals surface area contributed by atoms with E-state index in [1.54, 1.807) is 12.4 Å². The fourth-order valence-corrected chi connectivity index (χ4v) is 1.37. The Morgan fingerprint density at radius 1 is 1.69 bits per heavy atom. The summed E-state index contributed by atoms with van der Waals surface area (Å²) >= 11 is 0. The molecule has 0 saturated carbocycles. The molecule has 0 bridgehead atoms. The number of carbonyl (C=O) groups excluding carboxylic acids is 1. The van der Waals surface area contributed by atoms with Crippen molar-refractivity contribution in [3.63, 3.8) is 0 Å². The number of rotatable bonds is 6. The molecule has 2 atom stereocenters. The minimum Gasteiger partial charge on any atom is -0.354 e. The largest absolute Gasteiger partial charge is 0.354 e. The van der Waals surface area contributed by atoms with E-state index in [1.807, 2.05) is 13.8 Å². The first-order valence-electron chi connectivity index (χ1n) is 5.66. The maximum Gasteiger partial charge on any atom is 0.237 e. The zero-order chi connectivity index (χ0) is 12.0. The zero-order valence-corrected chi connectivity index (χ0v) is 9.86. The molecule has 1 amide bonds. The molecule has 0 radical (unpaired) electrons. The summed E-state index contributed by atoms with van der Waals surface area (Å²) < 4.78 is 0. The Morgan fingerprint density at radius 3 is 3.00 bits per heavy atom. The molecule has 4 N–H and O–H groups in total. The summed E-state index contributed by atoms with van der Waals surface area (Å²) in [6.07, 6.45) is 5.07. The number of nitrogens with one attached hydrogen (secondary N) is 2. The van der Waals surface area contributed by atoms with Crippen molar-refractivity contribution in [1.82, 2.24) is 15.3 Å². The van der Waals surface area contributed by atoms with Gasteiger partial charge in [0.2, 0.25) is 5.91 Å². The number of aromatic nitrogens is 2. The number of nitrogens with two attached hydrogens (primary N) is 1. The van der Waals surface area contributed by atoms with Gasteiger partial charge in [0.15, 0.2) is 0 Å². The van der Waals surface area contributed by atoms with Gasteiger partial charge in [-0.2, -0.15) is 0 Å². The standard InChI is InChI=1S/C11H20N4O/c1-3-8(2)10(12)11(16)15-5-4-9-13-6-7-14-9/h6-8,10H,3-5,12H2,1-2H3,(H,13,14)(H,15,16)/t8-,10-/m0/s1. The van der Waals surface area contributed by atoms with Gasteiger partial charge in [-0.15, -0.1) is 0 Å². The number of nitrogens with zero attached hydrogens (tertiary/aromatic N) is 1. The SMILES string of the molecule is CC[C@H](C)[C@H](N)C(=O)NCCc1ncc[nH]1. The first-order chi connectivity index (χ1) is 7.65. The summed E-state index contributed by atoms with van der Waals surface area (Å²) in [7, 11) is 0. The van der Waals surface area contributed by atoms with Gasteiger partial charge in [0.05, 0.1) is 6.04 Å². The molecule has 16 heavy (non-hydrogen) atoms. The third kappa shape index (κ3) is 3.66. The third-order valence-corrected chi connectivity index (χ3v) is 2.78. The molecular formula is C11H20N4O. The van der Waals surface area contributed by atoms with Gasteiger partial charge in [-0.1, -0.05) is 20.3 Å². The van der Waals surface area contributed by atoms with Crippen LogP contribution in [0.1, 0.15) is 26.1 Å². The van der Waals surface area contributed by atoms with Crippen LogP contribution < -0.4 is 11.1 Å². The Labute approximate surface area is 95.8 Å². The van der Waals surface area contributed by atoms with E-state index in [1.165, 1.54) is 0 Å². The molecule has 1 heterocycles. The molecule has 0 aliphatic carbocycles. The lowest BCUT2D eigenvalue weighted by atomic mass is 9.99. The molecular weight excluding hydrogens is 204 g/mol. The number of hydrogen-bond donors (Lipinski definition) is 3. The van der Waals surface area contributed by atoms with Crippen LogP contribution in [-0.2, 0) is 11.2 Å². The van der Waals surface area contributed by atoms with E-state index in [4.69, 9.17) is 5.73 Å². The Balaban J connectivity index is 2.24. The average molecular weight is 224 g/mol. The first-order valence-corrected chi connectivity index (χ1v) is 5.66. The summed E-state index contributed by atoms with van der Waals surface area (Å²) in [5.74, 6) is 1.00. The summed E-state index contributed by atoms with van der Waals surface area (Å²) in [6, 6.07) is -0.415. The number of carbonyl (C=O) groups is 1. The van der Waals surface area contributed by atoms with Crippen molar-refractivity contribution in [2.45, 2.75) is 32.7 Å². The Hall–Kier alpha value is -1.36. The first kappa shape index (κ1) is 12.7. The summed E-state index contributed by atoms with van der Waals surface area (Å²) in [4.78, 5) is 18.7. The molecule has 0 unspecified atom stereocenters. The van der Waals surface area contributed by atoms with Crippen LogP contribution in [0, 0.1) is 5.92 Å². The van der Waals surface area contributed by atoms with Crippen molar-refractivity contribution in [3.05, 3.63) is 18.2 Å². The van der Waals surface area contributed by atoms with Crippen molar-refractivity contribution in [3.8, 4) is 0 Å². The van der Waals surface area contributed by atoms with Gasteiger partial charge in [-0.25, -0.2) is 4.98 Å². The van der Waals surface area contributed by atoms with Crippen molar-refractivity contribution in [1.29, 1.82) is 0 Å². The van der Waals surface area contributed by atoms with Crippen LogP contribution in [0.15, 0.2) is 12.4 Å². The van der Waals surface area contributed by atoms with E-state index in [9.17, 15) is 4.79 Å². The molecule has 1 aromatic heterocycles. The summed E-state index contributed by atoms with van der Waals surface area (Å²) in [5, 5.41) is 2.81. The predicted molar refractivity (Wildman–Crippen MR) is 62.7 cm³/mol. The van der Waals surface area contributed by atoms with E-state index < -0.39 is 6.04 Å². The fraction of sp³-hybridized carbons (Fsp3) is 0.636. The minimum absolute atomic E-state index is 0.0825. The van der Waals surface area contributed by atoms with Crippen LogP contribution >= 0.6 is 0 Å². The second kappa shape index (κ2) is 6.27. The molecule has 0 aliphatic heterocycles. The van der Waals surface area contributed by atoms with Crippen LogP contribution in [-0.4, -0.2) is 28.5 Å². The monoisotopic (exact) mass is 224 g/mol. The van der Waals surface area contributed by atoms with Crippen LogP contribution in [0.3, 0.4) is 0 Å². The van der Waals surface area contributed by atoms with Crippen molar-refractivity contribution >= 4 is 5.91 Å². The Bertz CT molecular complexity index is 310. The predicted octanol–water partition coefficient (Wildman–Crippen LogP) is 0.442. The molecule has 1 aromatic rings. The van der Waals surface area contributed by atoms with Crippen LogP contribution in [0.5, 0.6) is 0 Å². The highest BCUT2D eigenvalue weighted by atomic mass is 16.2. The molecule has 90 valence electrons.